The van der Waals surface area contributed by atoms with Crippen molar-refractivity contribution in [3.05, 3.63) is 48.8 Å². The van der Waals surface area contributed by atoms with Crippen LogP contribution in [-0.4, -0.2) is 65.3 Å². The first kappa shape index (κ1) is 21.2. The number of carbonyl (C=O) groups is 1. The van der Waals surface area contributed by atoms with Crippen LogP contribution in [0.3, 0.4) is 0 Å². The fourth-order valence-corrected chi connectivity index (χ4v) is 4.48. The number of anilines is 1. The second-order valence-corrected chi connectivity index (χ2v) is 8.10. The number of hydrogen-bond acceptors (Lipinski definition) is 4. The lowest BCUT2D eigenvalue weighted by molar-refractivity contribution is -0.192. The zero-order valence-electron chi connectivity index (χ0n) is 16.9. The highest BCUT2D eigenvalue weighted by molar-refractivity contribution is 5.94. The molecule has 5 rings (SSSR count). The number of nitrogens with one attached hydrogen (secondary N) is 1. The predicted molar refractivity (Wildman–Crippen MR) is 112 cm³/mol. The molecule has 2 aliphatic heterocycles. The van der Waals surface area contributed by atoms with E-state index in [2.05, 4.69) is 58.2 Å². The molecule has 0 saturated carbocycles. The summed E-state index contributed by atoms with van der Waals surface area (Å²) in [4.78, 5) is 21.9. The van der Waals surface area contributed by atoms with Crippen LogP contribution in [-0.2, 0) is 4.79 Å². The lowest BCUT2D eigenvalue weighted by atomic mass is 10.0. The second kappa shape index (κ2) is 8.22. The quantitative estimate of drug-likeness (QED) is 0.644. The number of alkyl halides is 3. The lowest BCUT2D eigenvalue weighted by Crippen LogP contribution is -2.26. The topological polar surface area (TPSA) is 72.5 Å². The summed E-state index contributed by atoms with van der Waals surface area (Å²) in [5, 5.41) is 8.36. The van der Waals surface area contributed by atoms with E-state index < -0.39 is 12.1 Å². The SMILES string of the molecule is CN1CC2CN(c3ccc(-c4cccc5[nH]ccc45)nc3)CC2C1.O=C(O)C(F)(F)F. The number of aromatic amines is 1. The lowest BCUT2D eigenvalue weighted by Gasteiger charge is -2.21. The summed E-state index contributed by atoms with van der Waals surface area (Å²) in [7, 11) is 2.24. The van der Waals surface area contributed by atoms with Gasteiger partial charge in [-0.1, -0.05) is 12.1 Å². The largest absolute Gasteiger partial charge is 0.490 e. The minimum Gasteiger partial charge on any atom is -0.475 e. The zero-order chi connectivity index (χ0) is 22.2. The molecule has 0 spiro atoms. The molecule has 2 aromatic heterocycles. The number of halogens is 3. The first-order chi connectivity index (χ1) is 14.7. The Balaban J connectivity index is 0.000000289. The van der Waals surface area contributed by atoms with Gasteiger partial charge in [0.2, 0.25) is 0 Å². The number of fused-ring (bicyclic) bond motifs is 2. The normalized spacial score (nSPS) is 21.1. The van der Waals surface area contributed by atoms with Crippen molar-refractivity contribution in [3.8, 4) is 11.3 Å². The van der Waals surface area contributed by atoms with Crippen molar-refractivity contribution in [3.63, 3.8) is 0 Å². The van der Waals surface area contributed by atoms with E-state index in [9.17, 15) is 13.2 Å². The van der Waals surface area contributed by atoms with Gasteiger partial charge in [-0.3, -0.25) is 4.98 Å². The van der Waals surface area contributed by atoms with E-state index in [1.807, 2.05) is 12.4 Å². The summed E-state index contributed by atoms with van der Waals surface area (Å²) in [5.41, 5.74) is 4.66. The highest BCUT2D eigenvalue weighted by Crippen LogP contribution is 2.34. The van der Waals surface area contributed by atoms with Crippen LogP contribution in [0.1, 0.15) is 0 Å². The van der Waals surface area contributed by atoms with Crippen LogP contribution in [0.15, 0.2) is 48.8 Å². The Kier molecular flexibility index (Phi) is 5.62. The molecule has 2 atom stereocenters. The minimum absolute atomic E-state index is 0.822. The Bertz CT molecular complexity index is 1050. The zero-order valence-corrected chi connectivity index (χ0v) is 16.9. The molecule has 2 N–H and O–H groups in total. The predicted octanol–water partition coefficient (Wildman–Crippen LogP) is 3.86. The van der Waals surface area contributed by atoms with Crippen molar-refractivity contribution in [2.45, 2.75) is 6.18 Å². The van der Waals surface area contributed by atoms with Gasteiger partial charge in [-0.25, -0.2) is 4.79 Å². The number of H-pyrrole nitrogens is 1. The molecule has 164 valence electrons. The Hall–Kier alpha value is -3.07. The molecule has 9 heteroatoms. The van der Waals surface area contributed by atoms with Crippen LogP contribution in [0.2, 0.25) is 0 Å². The van der Waals surface area contributed by atoms with Crippen LogP contribution < -0.4 is 4.90 Å². The van der Waals surface area contributed by atoms with Gasteiger partial charge in [-0.15, -0.1) is 0 Å². The molecule has 0 aliphatic carbocycles. The van der Waals surface area contributed by atoms with Gasteiger partial charge < -0.3 is 19.9 Å². The summed E-state index contributed by atoms with van der Waals surface area (Å²) < 4.78 is 31.7. The monoisotopic (exact) mass is 432 g/mol. The summed E-state index contributed by atoms with van der Waals surface area (Å²) in [5.74, 6) is -1.11. The number of hydrogen-bond donors (Lipinski definition) is 2. The minimum atomic E-state index is -5.08. The summed E-state index contributed by atoms with van der Waals surface area (Å²) >= 11 is 0. The Labute approximate surface area is 177 Å². The van der Waals surface area contributed by atoms with Gasteiger partial charge in [0.15, 0.2) is 0 Å². The number of pyridine rings is 1. The van der Waals surface area contributed by atoms with Gasteiger partial charge in [0, 0.05) is 48.8 Å². The second-order valence-electron chi connectivity index (χ2n) is 8.10. The van der Waals surface area contributed by atoms with Crippen molar-refractivity contribution in [2.24, 2.45) is 11.8 Å². The molecule has 2 saturated heterocycles. The molecular weight excluding hydrogens is 409 g/mol. The molecule has 2 aliphatic rings. The van der Waals surface area contributed by atoms with Gasteiger partial charge in [0.25, 0.3) is 0 Å². The number of aromatic nitrogens is 2. The first-order valence-electron chi connectivity index (χ1n) is 9.98. The fourth-order valence-electron chi connectivity index (χ4n) is 4.48. The molecule has 0 radical (unpaired) electrons. The van der Waals surface area contributed by atoms with Crippen LogP contribution in [0.25, 0.3) is 22.2 Å². The van der Waals surface area contributed by atoms with Gasteiger partial charge in [0.05, 0.1) is 17.6 Å². The van der Waals surface area contributed by atoms with E-state index in [0.717, 1.165) is 23.0 Å². The van der Waals surface area contributed by atoms with Crippen molar-refractivity contribution in [1.82, 2.24) is 14.9 Å². The summed E-state index contributed by atoms with van der Waals surface area (Å²) in [6.07, 6.45) is -1.05. The van der Waals surface area contributed by atoms with E-state index in [4.69, 9.17) is 14.9 Å². The van der Waals surface area contributed by atoms with Gasteiger partial charge in [0.1, 0.15) is 0 Å². The van der Waals surface area contributed by atoms with Crippen LogP contribution in [0.5, 0.6) is 0 Å². The van der Waals surface area contributed by atoms with Gasteiger partial charge in [-0.05, 0) is 43.1 Å². The van der Waals surface area contributed by atoms with E-state index in [1.165, 1.54) is 42.8 Å². The number of carboxylic acids is 1. The molecule has 2 fully saturated rings. The standard InChI is InChI=1S/C20H22N4.C2HF3O2/c1-23-10-14-12-24(13-15(14)11-23)16-5-6-20(22-9-16)17-3-2-4-19-18(17)7-8-21-19;3-2(4,5)1(6)7/h2-9,14-15,21H,10-13H2,1H3;(H,6,7). The molecule has 0 amide bonds. The maximum absolute atomic E-state index is 10.6. The number of benzene rings is 1. The third kappa shape index (κ3) is 4.51. The van der Waals surface area contributed by atoms with Gasteiger partial charge in [-0.2, -0.15) is 13.2 Å². The molecular formula is C22H23F3N4O2. The van der Waals surface area contributed by atoms with E-state index >= 15 is 0 Å². The smallest absolute Gasteiger partial charge is 0.475 e. The van der Waals surface area contributed by atoms with E-state index in [0.29, 0.717) is 0 Å². The molecule has 4 heterocycles. The summed E-state index contributed by atoms with van der Waals surface area (Å²) in [6.45, 7) is 4.82. The fraction of sp³-hybridized carbons (Fsp3) is 0.364. The number of likely N-dealkylation sites (tertiary alicyclic amines) is 1. The third-order valence-corrected chi connectivity index (χ3v) is 5.90. The maximum atomic E-state index is 10.6. The number of rotatable bonds is 2. The van der Waals surface area contributed by atoms with E-state index in [1.54, 1.807) is 0 Å². The average Bonchev–Trinajstić information content (AvgIpc) is 3.42. The van der Waals surface area contributed by atoms with E-state index in [-0.39, 0.29) is 0 Å². The van der Waals surface area contributed by atoms with Crippen molar-refractivity contribution in [2.75, 3.05) is 38.1 Å². The van der Waals surface area contributed by atoms with Crippen molar-refractivity contribution < 1.29 is 23.1 Å². The van der Waals surface area contributed by atoms with Crippen molar-refractivity contribution >= 4 is 22.6 Å². The highest BCUT2D eigenvalue weighted by atomic mass is 19.4. The Morgan fingerprint density at radius 2 is 1.77 bits per heavy atom. The third-order valence-electron chi connectivity index (χ3n) is 5.90. The summed E-state index contributed by atoms with van der Waals surface area (Å²) in [6, 6.07) is 12.9. The molecule has 0 bridgehead atoms. The van der Waals surface area contributed by atoms with Crippen molar-refractivity contribution in [1.29, 1.82) is 0 Å². The number of carboxylic acid groups (broad SMARTS) is 1. The Morgan fingerprint density at radius 1 is 1.10 bits per heavy atom. The number of nitrogens with zero attached hydrogens (tertiary/aromatic N) is 3. The molecule has 6 nitrogen and oxygen atoms in total. The highest BCUT2D eigenvalue weighted by Gasteiger charge is 2.39. The molecule has 2 unspecified atom stereocenters. The molecule has 31 heavy (non-hydrogen) atoms. The average molecular weight is 432 g/mol. The van der Waals surface area contributed by atoms with Crippen LogP contribution in [0.4, 0.5) is 18.9 Å². The molecule has 1 aromatic carbocycles. The number of aliphatic carboxylic acids is 1. The van der Waals surface area contributed by atoms with Gasteiger partial charge >= 0.3 is 12.1 Å². The maximum Gasteiger partial charge on any atom is 0.490 e. The van der Waals surface area contributed by atoms with Crippen LogP contribution >= 0.6 is 0 Å². The molecule has 3 aromatic rings. The first-order valence-corrected chi connectivity index (χ1v) is 9.98. The Morgan fingerprint density at radius 3 is 2.35 bits per heavy atom. The van der Waals surface area contributed by atoms with Crippen LogP contribution in [0, 0.1) is 11.8 Å².